The predicted octanol–water partition coefficient (Wildman–Crippen LogP) is 4.62. The maximum atomic E-state index is 13.0. The Balaban J connectivity index is 1.94. The summed E-state index contributed by atoms with van der Waals surface area (Å²) in [4.78, 5) is 27.4. The van der Waals surface area contributed by atoms with E-state index >= 15 is 0 Å². The smallest absolute Gasteiger partial charge is 0.300 e. The van der Waals surface area contributed by atoms with Gasteiger partial charge in [-0.15, -0.1) is 0 Å². The number of aliphatic hydroxyl groups is 1. The van der Waals surface area contributed by atoms with E-state index in [9.17, 15) is 14.7 Å². The number of aliphatic hydroxyl groups excluding tert-OH is 1. The van der Waals surface area contributed by atoms with Crippen LogP contribution in [0.1, 0.15) is 22.7 Å². The molecule has 3 aromatic rings. The van der Waals surface area contributed by atoms with E-state index < -0.39 is 17.7 Å². The number of ketones is 1. The Bertz CT molecular complexity index is 1050. The van der Waals surface area contributed by atoms with Crippen LogP contribution >= 0.6 is 0 Å². The van der Waals surface area contributed by atoms with Crippen molar-refractivity contribution in [2.45, 2.75) is 13.0 Å². The van der Waals surface area contributed by atoms with E-state index in [-0.39, 0.29) is 11.3 Å². The Morgan fingerprint density at radius 3 is 2.00 bits per heavy atom. The second-order valence-corrected chi connectivity index (χ2v) is 6.78. The topological polar surface area (TPSA) is 57.6 Å². The first kappa shape index (κ1) is 17.7. The van der Waals surface area contributed by atoms with Gasteiger partial charge in [-0.05, 0) is 24.6 Å². The van der Waals surface area contributed by atoms with Crippen molar-refractivity contribution < 1.29 is 14.7 Å². The molecule has 1 amide bonds. The molecule has 0 saturated carbocycles. The molecule has 0 aromatic heterocycles. The van der Waals surface area contributed by atoms with Crippen LogP contribution in [0, 0.1) is 6.92 Å². The summed E-state index contributed by atoms with van der Waals surface area (Å²) in [5.74, 6) is -1.49. The zero-order chi connectivity index (χ0) is 19.7. The molecule has 1 aliphatic rings. The van der Waals surface area contributed by atoms with Crippen LogP contribution in [0.5, 0.6) is 0 Å². The van der Waals surface area contributed by atoms with E-state index in [0.717, 1.165) is 11.1 Å². The molecular weight excluding hydrogens is 350 g/mol. The van der Waals surface area contributed by atoms with Gasteiger partial charge in [0.25, 0.3) is 11.7 Å². The predicted molar refractivity (Wildman–Crippen MR) is 109 cm³/mol. The van der Waals surface area contributed by atoms with Crippen molar-refractivity contribution in [1.29, 1.82) is 0 Å². The molecule has 0 radical (unpaired) electrons. The van der Waals surface area contributed by atoms with Gasteiger partial charge in [-0.1, -0.05) is 78.4 Å². The van der Waals surface area contributed by atoms with Gasteiger partial charge < -0.3 is 5.11 Å². The molecule has 1 fully saturated rings. The lowest BCUT2D eigenvalue weighted by Crippen LogP contribution is -2.29. The number of nitrogens with zero attached hydrogens (tertiary/aromatic N) is 1. The third-order valence-electron chi connectivity index (χ3n) is 4.92. The van der Waals surface area contributed by atoms with Crippen molar-refractivity contribution in [3.63, 3.8) is 0 Å². The Morgan fingerprint density at radius 2 is 1.39 bits per heavy atom. The standard InChI is InChI=1S/C24H19NO3/c1-16-12-14-19(15-13-16)25-21(17-8-4-2-5-9-17)20(23(27)24(25)28)22(26)18-10-6-3-7-11-18/h2-15,21,26H,1H3/b22-20+. The SMILES string of the molecule is Cc1ccc(N2C(=O)C(=O)/C(=C(/O)c3ccccc3)C2c2ccccc2)cc1. The van der Waals surface area contributed by atoms with Crippen LogP contribution in [0.4, 0.5) is 5.69 Å². The van der Waals surface area contributed by atoms with Crippen LogP contribution in [0.25, 0.3) is 5.76 Å². The molecule has 3 aromatic carbocycles. The number of benzene rings is 3. The van der Waals surface area contributed by atoms with Gasteiger partial charge in [-0.2, -0.15) is 0 Å². The van der Waals surface area contributed by atoms with Gasteiger partial charge in [0, 0.05) is 11.3 Å². The molecule has 1 aliphatic heterocycles. The zero-order valence-corrected chi connectivity index (χ0v) is 15.4. The lowest BCUT2D eigenvalue weighted by atomic mass is 9.95. The molecule has 0 bridgehead atoms. The van der Waals surface area contributed by atoms with Gasteiger partial charge in [0.15, 0.2) is 0 Å². The number of amides is 1. The summed E-state index contributed by atoms with van der Waals surface area (Å²) in [6, 6.07) is 24.9. The first-order chi connectivity index (χ1) is 13.6. The molecule has 0 spiro atoms. The molecule has 1 N–H and O–H groups in total. The number of carbonyl (C=O) groups excluding carboxylic acids is 2. The fourth-order valence-corrected chi connectivity index (χ4v) is 3.51. The van der Waals surface area contributed by atoms with Crippen LogP contribution in [-0.4, -0.2) is 16.8 Å². The van der Waals surface area contributed by atoms with E-state index in [1.165, 1.54) is 4.90 Å². The molecule has 1 saturated heterocycles. The van der Waals surface area contributed by atoms with E-state index in [1.54, 1.807) is 24.3 Å². The highest BCUT2D eigenvalue weighted by molar-refractivity contribution is 6.51. The number of hydrogen-bond donors (Lipinski definition) is 1. The molecule has 28 heavy (non-hydrogen) atoms. The summed E-state index contributed by atoms with van der Waals surface area (Å²) in [5.41, 5.74) is 3.04. The number of Topliss-reactive ketones (excluding diaryl/α,β-unsaturated/α-hetero) is 1. The summed E-state index contributed by atoms with van der Waals surface area (Å²) >= 11 is 0. The minimum Gasteiger partial charge on any atom is -0.507 e. The molecule has 1 unspecified atom stereocenters. The maximum absolute atomic E-state index is 13.0. The van der Waals surface area contributed by atoms with Crippen LogP contribution in [0.2, 0.25) is 0 Å². The molecular formula is C24H19NO3. The Labute approximate surface area is 163 Å². The van der Waals surface area contributed by atoms with Gasteiger partial charge in [-0.3, -0.25) is 14.5 Å². The van der Waals surface area contributed by atoms with Gasteiger partial charge in [0.1, 0.15) is 5.76 Å². The normalized spacial score (nSPS) is 18.5. The lowest BCUT2D eigenvalue weighted by Gasteiger charge is -2.25. The number of hydrogen-bond acceptors (Lipinski definition) is 3. The highest BCUT2D eigenvalue weighted by Gasteiger charge is 2.46. The van der Waals surface area contributed by atoms with Crippen LogP contribution < -0.4 is 4.90 Å². The highest BCUT2D eigenvalue weighted by Crippen LogP contribution is 2.41. The summed E-state index contributed by atoms with van der Waals surface area (Å²) < 4.78 is 0. The molecule has 1 atom stereocenters. The summed E-state index contributed by atoms with van der Waals surface area (Å²) in [6.45, 7) is 1.96. The number of aryl methyl sites for hydroxylation is 1. The van der Waals surface area contributed by atoms with E-state index in [4.69, 9.17) is 0 Å². The fraction of sp³-hybridized carbons (Fsp3) is 0.0833. The van der Waals surface area contributed by atoms with Crippen molar-refractivity contribution in [1.82, 2.24) is 0 Å². The number of rotatable bonds is 3. The van der Waals surface area contributed by atoms with Crippen LogP contribution in [0.3, 0.4) is 0 Å². The summed E-state index contributed by atoms with van der Waals surface area (Å²) in [7, 11) is 0. The molecule has 4 heteroatoms. The van der Waals surface area contributed by atoms with Gasteiger partial charge >= 0.3 is 0 Å². The minimum absolute atomic E-state index is 0.1000. The zero-order valence-electron chi connectivity index (χ0n) is 15.4. The average molecular weight is 369 g/mol. The lowest BCUT2D eigenvalue weighted by molar-refractivity contribution is -0.132. The molecule has 0 aliphatic carbocycles. The molecule has 1 heterocycles. The second kappa shape index (κ2) is 7.16. The van der Waals surface area contributed by atoms with E-state index in [1.807, 2.05) is 67.6 Å². The van der Waals surface area contributed by atoms with Crippen LogP contribution in [-0.2, 0) is 9.59 Å². The fourth-order valence-electron chi connectivity index (χ4n) is 3.51. The van der Waals surface area contributed by atoms with Crippen molar-refractivity contribution in [2.24, 2.45) is 0 Å². The Kier molecular flexibility index (Phi) is 4.53. The molecule has 4 rings (SSSR count). The minimum atomic E-state index is -0.691. The van der Waals surface area contributed by atoms with Gasteiger partial charge in [0.05, 0.1) is 11.6 Å². The molecule has 4 nitrogen and oxygen atoms in total. The Hall–Kier alpha value is -3.66. The first-order valence-corrected chi connectivity index (χ1v) is 9.06. The second-order valence-electron chi connectivity index (χ2n) is 6.78. The molecule has 138 valence electrons. The van der Waals surface area contributed by atoms with Crippen LogP contribution in [0.15, 0.2) is 90.5 Å². The Morgan fingerprint density at radius 1 is 0.821 bits per heavy atom. The monoisotopic (exact) mass is 369 g/mol. The van der Waals surface area contributed by atoms with Crippen molar-refractivity contribution in [2.75, 3.05) is 4.90 Å². The van der Waals surface area contributed by atoms with E-state index in [2.05, 4.69) is 0 Å². The third kappa shape index (κ3) is 2.99. The van der Waals surface area contributed by atoms with Crippen molar-refractivity contribution in [3.8, 4) is 0 Å². The van der Waals surface area contributed by atoms with Crippen molar-refractivity contribution in [3.05, 3.63) is 107 Å². The maximum Gasteiger partial charge on any atom is 0.300 e. The summed E-state index contributed by atoms with van der Waals surface area (Å²) in [6.07, 6.45) is 0. The quantitative estimate of drug-likeness (QED) is 0.416. The highest BCUT2D eigenvalue weighted by atomic mass is 16.3. The van der Waals surface area contributed by atoms with E-state index in [0.29, 0.717) is 11.3 Å². The number of carbonyl (C=O) groups is 2. The number of anilines is 1. The largest absolute Gasteiger partial charge is 0.507 e. The van der Waals surface area contributed by atoms with Crippen molar-refractivity contribution >= 4 is 23.1 Å². The van der Waals surface area contributed by atoms with Gasteiger partial charge in [-0.25, -0.2) is 0 Å². The van der Waals surface area contributed by atoms with Gasteiger partial charge in [0.2, 0.25) is 0 Å². The first-order valence-electron chi connectivity index (χ1n) is 9.06. The average Bonchev–Trinajstić information content (AvgIpc) is 3.00. The summed E-state index contributed by atoms with van der Waals surface area (Å²) in [5, 5.41) is 10.9. The third-order valence-corrected chi connectivity index (χ3v) is 4.92.